The van der Waals surface area contributed by atoms with Gasteiger partial charge < -0.3 is 10.5 Å². The lowest BCUT2D eigenvalue weighted by Gasteiger charge is -2.38. The van der Waals surface area contributed by atoms with Crippen LogP contribution < -0.4 is 5.73 Å². The Balaban J connectivity index is 5.07. The van der Waals surface area contributed by atoms with Crippen LogP contribution >= 0.6 is 0 Å². The summed E-state index contributed by atoms with van der Waals surface area (Å²) >= 11 is 0. The number of nitrogens with zero attached hydrogens (tertiary/aromatic N) is 1. The zero-order chi connectivity index (χ0) is 13.5. The highest BCUT2D eigenvalue weighted by molar-refractivity contribution is 7.89. The number of hydrogen-bond donors (Lipinski definition) is 1. The molecule has 5 nitrogen and oxygen atoms in total. The van der Waals surface area contributed by atoms with E-state index in [-0.39, 0.29) is 12.4 Å². The number of nitrogens with two attached hydrogens (primary N) is 1. The first-order valence-electron chi connectivity index (χ1n) is 6.07. The summed E-state index contributed by atoms with van der Waals surface area (Å²) in [7, 11) is -1.80. The first-order chi connectivity index (χ1) is 7.87. The quantitative estimate of drug-likeness (QED) is 0.670. The Morgan fingerprint density at radius 2 is 1.94 bits per heavy atom. The van der Waals surface area contributed by atoms with E-state index in [0.29, 0.717) is 19.5 Å². The molecule has 0 aromatic heterocycles. The highest BCUT2D eigenvalue weighted by Gasteiger charge is 2.36. The molecule has 104 valence electrons. The summed E-state index contributed by atoms with van der Waals surface area (Å²) < 4.78 is 30.9. The molecule has 1 unspecified atom stereocenters. The minimum absolute atomic E-state index is 0.0130. The molecular formula is C11H26N2O3S. The third-order valence-corrected chi connectivity index (χ3v) is 5.09. The number of sulfonamides is 1. The number of rotatable bonds is 9. The van der Waals surface area contributed by atoms with E-state index in [4.69, 9.17) is 10.5 Å². The normalized spacial score (nSPS) is 16.1. The van der Waals surface area contributed by atoms with Crippen molar-refractivity contribution in [3.63, 3.8) is 0 Å². The van der Waals surface area contributed by atoms with Crippen LogP contribution in [0.4, 0.5) is 0 Å². The van der Waals surface area contributed by atoms with E-state index < -0.39 is 15.6 Å². The second-order valence-corrected chi connectivity index (χ2v) is 6.45. The van der Waals surface area contributed by atoms with E-state index in [1.54, 1.807) is 4.31 Å². The third kappa shape index (κ3) is 4.54. The summed E-state index contributed by atoms with van der Waals surface area (Å²) in [6.07, 6.45) is 1.48. The molecule has 0 saturated carbocycles. The fourth-order valence-corrected chi connectivity index (χ4v) is 3.60. The summed E-state index contributed by atoms with van der Waals surface area (Å²) in [5.41, 5.74) is 5.24. The summed E-state index contributed by atoms with van der Waals surface area (Å²) in [4.78, 5) is 0. The standard InChI is InChI=1S/C11H26N2O3S/c1-5-7-13(11(3,6-2)10-12)17(14,15)9-8-16-4/h5-10,12H2,1-4H3. The molecule has 6 heteroatoms. The van der Waals surface area contributed by atoms with Crippen LogP contribution in [0.2, 0.25) is 0 Å². The van der Waals surface area contributed by atoms with Gasteiger partial charge in [-0.15, -0.1) is 0 Å². The topological polar surface area (TPSA) is 72.6 Å². The molecule has 0 aliphatic carbocycles. The Hall–Kier alpha value is -0.170. The molecule has 0 aliphatic heterocycles. The molecule has 0 bridgehead atoms. The Morgan fingerprint density at radius 3 is 2.29 bits per heavy atom. The van der Waals surface area contributed by atoms with Crippen molar-refractivity contribution in [2.45, 2.75) is 39.2 Å². The molecule has 0 aromatic carbocycles. The Labute approximate surface area is 105 Å². The minimum Gasteiger partial charge on any atom is -0.384 e. The molecular weight excluding hydrogens is 240 g/mol. The van der Waals surface area contributed by atoms with Crippen molar-refractivity contribution in [3.05, 3.63) is 0 Å². The average Bonchev–Trinajstić information content (AvgIpc) is 2.32. The molecule has 0 amide bonds. The molecule has 0 fully saturated rings. The van der Waals surface area contributed by atoms with Crippen molar-refractivity contribution in [2.24, 2.45) is 5.73 Å². The van der Waals surface area contributed by atoms with Gasteiger partial charge in [0.1, 0.15) is 0 Å². The van der Waals surface area contributed by atoms with Gasteiger partial charge in [-0.05, 0) is 19.8 Å². The summed E-state index contributed by atoms with van der Waals surface area (Å²) in [6.45, 7) is 6.87. The van der Waals surface area contributed by atoms with Gasteiger partial charge in [0.15, 0.2) is 0 Å². The van der Waals surface area contributed by atoms with Crippen LogP contribution in [0.3, 0.4) is 0 Å². The van der Waals surface area contributed by atoms with Gasteiger partial charge in [0, 0.05) is 25.7 Å². The summed E-state index contributed by atoms with van der Waals surface area (Å²) in [5, 5.41) is 0. The van der Waals surface area contributed by atoms with Gasteiger partial charge in [-0.2, -0.15) is 4.31 Å². The van der Waals surface area contributed by atoms with Gasteiger partial charge in [0.2, 0.25) is 10.0 Å². The monoisotopic (exact) mass is 266 g/mol. The van der Waals surface area contributed by atoms with Gasteiger partial charge in [0.25, 0.3) is 0 Å². The Bertz CT molecular complexity index is 300. The van der Waals surface area contributed by atoms with Crippen LogP contribution in [0.5, 0.6) is 0 Å². The zero-order valence-corrected chi connectivity index (χ0v) is 12.2. The summed E-state index contributed by atoms with van der Waals surface area (Å²) in [6, 6.07) is 0. The van der Waals surface area contributed by atoms with E-state index in [1.165, 1.54) is 7.11 Å². The van der Waals surface area contributed by atoms with E-state index in [2.05, 4.69) is 0 Å². The molecule has 0 spiro atoms. The van der Waals surface area contributed by atoms with Crippen LogP contribution in [0.25, 0.3) is 0 Å². The minimum atomic E-state index is -3.30. The average molecular weight is 266 g/mol. The smallest absolute Gasteiger partial charge is 0.216 e. The lowest BCUT2D eigenvalue weighted by Crippen LogP contribution is -2.55. The molecule has 2 N–H and O–H groups in total. The van der Waals surface area contributed by atoms with Crippen molar-refractivity contribution >= 4 is 10.0 Å². The molecule has 17 heavy (non-hydrogen) atoms. The predicted molar refractivity (Wildman–Crippen MR) is 70.4 cm³/mol. The SMILES string of the molecule is CCCN(C(C)(CC)CN)S(=O)(=O)CCOC. The molecule has 0 radical (unpaired) electrons. The van der Waals surface area contributed by atoms with Crippen LogP contribution in [0.15, 0.2) is 0 Å². The van der Waals surface area contributed by atoms with Crippen molar-refractivity contribution < 1.29 is 13.2 Å². The molecule has 0 heterocycles. The third-order valence-electron chi connectivity index (χ3n) is 3.11. The maximum absolute atomic E-state index is 12.2. The molecule has 1 atom stereocenters. The van der Waals surface area contributed by atoms with Crippen molar-refractivity contribution in [1.29, 1.82) is 0 Å². The van der Waals surface area contributed by atoms with Gasteiger partial charge in [0.05, 0.1) is 12.4 Å². The van der Waals surface area contributed by atoms with Gasteiger partial charge in [-0.1, -0.05) is 13.8 Å². The maximum atomic E-state index is 12.2. The van der Waals surface area contributed by atoms with Crippen LogP contribution in [-0.4, -0.2) is 50.8 Å². The highest BCUT2D eigenvalue weighted by atomic mass is 32.2. The molecule has 0 aromatic rings. The lowest BCUT2D eigenvalue weighted by molar-refractivity contribution is 0.194. The molecule has 0 rings (SSSR count). The fraction of sp³-hybridized carbons (Fsp3) is 1.00. The first kappa shape index (κ1) is 16.8. The van der Waals surface area contributed by atoms with Crippen LogP contribution in [0, 0.1) is 0 Å². The van der Waals surface area contributed by atoms with Gasteiger partial charge in [-0.25, -0.2) is 8.42 Å². The number of methoxy groups -OCH3 is 1. The van der Waals surface area contributed by atoms with Gasteiger partial charge >= 0.3 is 0 Å². The molecule has 0 saturated heterocycles. The summed E-state index contributed by atoms with van der Waals surface area (Å²) in [5.74, 6) is 0.0130. The first-order valence-corrected chi connectivity index (χ1v) is 7.68. The maximum Gasteiger partial charge on any atom is 0.216 e. The second-order valence-electron chi connectivity index (χ2n) is 4.44. The second kappa shape index (κ2) is 7.31. The van der Waals surface area contributed by atoms with Gasteiger partial charge in [-0.3, -0.25) is 0 Å². The van der Waals surface area contributed by atoms with Crippen LogP contribution in [-0.2, 0) is 14.8 Å². The van der Waals surface area contributed by atoms with E-state index in [0.717, 1.165) is 6.42 Å². The Kier molecular flexibility index (Phi) is 7.23. The number of ether oxygens (including phenoxy) is 1. The highest BCUT2D eigenvalue weighted by Crippen LogP contribution is 2.22. The van der Waals surface area contributed by atoms with E-state index in [1.807, 2.05) is 20.8 Å². The largest absolute Gasteiger partial charge is 0.384 e. The zero-order valence-electron chi connectivity index (χ0n) is 11.4. The van der Waals surface area contributed by atoms with E-state index >= 15 is 0 Å². The lowest BCUT2D eigenvalue weighted by atomic mass is 9.99. The van der Waals surface area contributed by atoms with Crippen molar-refractivity contribution in [3.8, 4) is 0 Å². The number of hydrogen-bond acceptors (Lipinski definition) is 4. The fourth-order valence-electron chi connectivity index (χ4n) is 1.67. The van der Waals surface area contributed by atoms with Crippen LogP contribution in [0.1, 0.15) is 33.6 Å². The van der Waals surface area contributed by atoms with Crippen molar-refractivity contribution in [2.75, 3.05) is 32.6 Å². The predicted octanol–water partition coefficient (Wildman–Crippen LogP) is 0.802. The van der Waals surface area contributed by atoms with Crippen molar-refractivity contribution in [1.82, 2.24) is 4.31 Å². The van der Waals surface area contributed by atoms with E-state index in [9.17, 15) is 8.42 Å². The molecule has 0 aliphatic rings. The Morgan fingerprint density at radius 1 is 1.35 bits per heavy atom.